The zero-order valence-electron chi connectivity index (χ0n) is 11.4. The van der Waals surface area contributed by atoms with Crippen LogP contribution in [-0.2, 0) is 17.8 Å². The van der Waals surface area contributed by atoms with Crippen molar-refractivity contribution in [2.24, 2.45) is 0 Å². The molecule has 0 aliphatic heterocycles. The van der Waals surface area contributed by atoms with Gasteiger partial charge in [0.05, 0.1) is 12.2 Å². The fourth-order valence-electron chi connectivity index (χ4n) is 1.90. The van der Waals surface area contributed by atoms with Gasteiger partial charge in [0.25, 0.3) is 0 Å². The molecule has 20 heavy (non-hydrogen) atoms. The van der Waals surface area contributed by atoms with Gasteiger partial charge in [-0.3, -0.25) is 4.79 Å². The molecule has 3 nitrogen and oxygen atoms in total. The number of halogens is 1. The number of imidazole rings is 1. The van der Waals surface area contributed by atoms with Crippen LogP contribution in [-0.4, -0.2) is 21.1 Å². The van der Waals surface area contributed by atoms with Gasteiger partial charge in [-0.1, -0.05) is 13.0 Å². The van der Waals surface area contributed by atoms with E-state index in [4.69, 9.17) is 0 Å². The van der Waals surface area contributed by atoms with E-state index in [1.807, 2.05) is 10.8 Å². The first kappa shape index (κ1) is 14.8. The lowest BCUT2D eigenvalue weighted by molar-refractivity contribution is -0.116. The molecule has 0 saturated heterocycles. The van der Waals surface area contributed by atoms with Crippen molar-refractivity contribution in [2.45, 2.75) is 31.2 Å². The van der Waals surface area contributed by atoms with Crippen molar-refractivity contribution in [3.05, 3.63) is 48.3 Å². The summed E-state index contributed by atoms with van der Waals surface area (Å²) in [7, 11) is 0. The number of Topliss-reactive ketones (excluding diaryl/α,β-unsaturated/α-hetero) is 1. The molecule has 1 heterocycles. The number of thioether (sulfide) groups is 1. The summed E-state index contributed by atoms with van der Waals surface area (Å²) in [5, 5.41) is 0. The predicted octanol–water partition coefficient (Wildman–Crippen LogP) is 3.34. The maximum Gasteiger partial charge on any atom is 0.150 e. The molecule has 0 bridgehead atoms. The molecule has 0 fully saturated rings. The molecule has 0 unspecified atom stereocenters. The number of aryl methyl sites for hydroxylation is 1. The van der Waals surface area contributed by atoms with Crippen molar-refractivity contribution in [2.75, 3.05) is 5.75 Å². The highest BCUT2D eigenvalue weighted by atomic mass is 32.2. The zero-order chi connectivity index (χ0) is 14.4. The van der Waals surface area contributed by atoms with E-state index in [1.54, 1.807) is 18.3 Å². The molecule has 1 aromatic heterocycles. The third kappa shape index (κ3) is 4.20. The van der Waals surface area contributed by atoms with Crippen LogP contribution < -0.4 is 0 Å². The van der Waals surface area contributed by atoms with E-state index in [1.165, 1.54) is 23.9 Å². The van der Waals surface area contributed by atoms with Crippen LogP contribution in [0.25, 0.3) is 0 Å². The molecule has 0 radical (unpaired) electrons. The van der Waals surface area contributed by atoms with Crippen molar-refractivity contribution >= 4 is 17.5 Å². The van der Waals surface area contributed by atoms with Crippen molar-refractivity contribution in [1.82, 2.24) is 9.55 Å². The highest BCUT2D eigenvalue weighted by molar-refractivity contribution is 8.00. The SMILES string of the molecule is CCCn1ccnc1CC(=O)CSc1cccc(F)c1. The number of hydrogen-bond donors (Lipinski definition) is 0. The molecular weight excluding hydrogens is 275 g/mol. The Labute approximate surface area is 122 Å². The normalized spacial score (nSPS) is 10.7. The Morgan fingerprint density at radius 2 is 2.30 bits per heavy atom. The molecular formula is C15H17FN2OS. The minimum absolute atomic E-state index is 0.0998. The smallest absolute Gasteiger partial charge is 0.150 e. The summed E-state index contributed by atoms with van der Waals surface area (Å²) in [5.41, 5.74) is 0. The van der Waals surface area contributed by atoms with Gasteiger partial charge in [0.2, 0.25) is 0 Å². The molecule has 0 N–H and O–H groups in total. The Kier molecular flexibility index (Phi) is 5.35. The maximum atomic E-state index is 13.0. The quantitative estimate of drug-likeness (QED) is 0.734. The molecule has 0 saturated carbocycles. The van der Waals surface area contributed by atoms with E-state index >= 15 is 0 Å². The summed E-state index contributed by atoms with van der Waals surface area (Å²) in [5.74, 6) is 0.961. The van der Waals surface area contributed by atoms with Gasteiger partial charge in [-0.15, -0.1) is 11.8 Å². The molecule has 0 aliphatic rings. The number of carbonyl (C=O) groups is 1. The third-order valence-electron chi connectivity index (χ3n) is 2.82. The van der Waals surface area contributed by atoms with Crippen LogP contribution in [0.1, 0.15) is 19.2 Å². The molecule has 2 aromatic rings. The number of ketones is 1. The van der Waals surface area contributed by atoms with Crippen LogP contribution in [0, 0.1) is 5.82 Å². The summed E-state index contributed by atoms with van der Waals surface area (Å²) in [6.07, 6.45) is 4.95. The van der Waals surface area contributed by atoms with Crippen LogP contribution in [0.4, 0.5) is 4.39 Å². The van der Waals surface area contributed by atoms with E-state index in [-0.39, 0.29) is 11.6 Å². The second kappa shape index (κ2) is 7.24. The standard InChI is InChI=1S/C15H17FN2OS/c1-2-7-18-8-6-17-15(18)10-13(19)11-20-14-5-3-4-12(16)9-14/h3-6,8-9H,2,7,10-11H2,1H3. The first-order valence-electron chi connectivity index (χ1n) is 6.59. The van der Waals surface area contributed by atoms with E-state index in [9.17, 15) is 9.18 Å². The van der Waals surface area contributed by atoms with Gasteiger partial charge >= 0.3 is 0 Å². The van der Waals surface area contributed by atoms with Crippen molar-refractivity contribution < 1.29 is 9.18 Å². The number of hydrogen-bond acceptors (Lipinski definition) is 3. The van der Waals surface area contributed by atoms with Gasteiger partial charge in [0.15, 0.2) is 5.78 Å². The molecule has 5 heteroatoms. The van der Waals surface area contributed by atoms with E-state index in [0.717, 1.165) is 23.7 Å². The van der Waals surface area contributed by atoms with Crippen LogP contribution in [0.15, 0.2) is 41.6 Å². The summed E-state index contributed by atoms with van der Waals surface area (Å²) >= 11 is 1.36. The number of rotatable bonds is 7. The highest BCUT2D eigenvalue weighted by Gasteiger charge is 2.09. The van der Waals surface area contributed by atoms with Crippen LogP contribution in [0.5, 0.6) is 0 Å². The summed E-state index contributed by atoms with van der Waals surface area (Å²) < 4.78 is 15.0. The Bertz CT molecular complexity index is 583. The van der Waals surface area contributed by atoms with E-state index < -0.39 is 0 Å². The van der Waals surface area contributed by atoms with Crippen molar-refractivity contribution in [3.8, 4) is 0 Å². The maximum absolute atomic E-state index is 13.0. The first-order valence-corrected chi connectivity index (χ1v) is 7.57. The minimum Gasteiger partial charge on any atom is -0.335 e. The van der Waals surface area contributed by atoms with Gasteiger partial charge in [-0.25, -0.2) is 9.37 Å². The number of nitrogens with zero attached hydrogens (tertiary/aromatic N) is 2. The van der Waals surface area contributed by atoms with Crippen molar-refractivity contribution in [3.63, 3.8) is 0 Å². The van der Waals surface area contributed by atoms with E-state index in [2.05, 4.69) is 11.9 Å². The Morgan fingerprint density at radius 3 is 3.05 bits per heavy atom. The monoisotopic (exact) mass is 292 g/mol. The van der Waals surface area contributed by atoms with E-state index in [0.29, 0.717) is 12.2 Å². The second-order valence-corrected chi connectivity index (χ2v) is 5.55. The summed E-state index contributed by atoms with van der Waals surface area (Å²) in [6, 6.07) is 6.29. The minimum atomic E-state index is -0.277. The average molecular weight is 292 g/mol. The Balaban J connectivity index is 1.88. The molecule has 0 atom stereocenters. The molecule has 0 spiro atoms. The molecule has 0 amide bonds. The fraction of sp³-hybridized carbons (Fsp3) is 0.333. The molecule has 2 rings (SSSR count). The number of benzene rings is 1. The van der Waals surface area contributed by atoms with Gasteiger partial charge in [0, 0.05) is 23.8 Å². The van der Waals surface area contributed by atoms with Gasteiger partial charge < -0.3 is 4.57 Å². The molecule has 0 aliphatic carbocycles. The third-order valence-corrected chi connectivity index (χ3v) is 3.87. The lowest BCUT2D eigenvalue weighted by Crippen LogP contribution is -2.11. The van der Waals surface area contributed by atoms with Gasteiger partial charge in [0.1, 0.15) is 11.6 Å². The Hall–Kier alpha value is -1.62. The lowest BCUT2D eigenvalue weighted by Gasteiger charge is -2.05. The Morgan fingerprint density at radius 1 is 1.45 bits per heavy atom. The summed E-state index contributed by atoms with van der Waals surface area (Å²) in [4.78, 5) is 16.9. The largest absolute Gasteiger partial charge is 0.335 e. The topological polar surface area (TPSA) is 34.9 Å². The first-order chi connectivity index (χ1) is 9.69. The fourth-order valence-corrected chi connectivity index (χ4v) is 2.70. The van der Waals surface area contributed by atoms with Crippen LogP contribution in [0.2, 0.25) is 0 Å². The zero-order valence-corrected chi connectivity index (χ0v) is 12.2. The molecule has 1 aromatic carbocycles. The average Bonchev–Trinajstić information content (AvgIpc) is 2.84. The van der Waals surface area contributed by atoms with Crippen LogP contribution >= 0.6 is 11.8 Å². The predicted molar refractivity (Wildman–Crippen MR) is 78.4 cm³/mol. The van der Waals surface area contributed by atoms with Crippen LogP contribution in [0.3, 0.4) is 0 Å². The summed E-state index contributed by atoms with van der Waals surface area (Å²) in [6.45, 7) is 2.96. The number of aromatic nitrogens is 2. The highest BCUT2D eigenvalue weighted by Crippen LogP contribution is 2.19. The number of carbonyl (C=O) groups excluding carboxylic acids is 1. The van der Waals surface area contributed by atoms with Gasteiger partial charge in [-0.2, -0.15) is 0 Å². The lowest BCUT2D eigenvalue weighted by atomic mass is 10.3. The second-order valence-electron chi connectivity index (χ2n) is 4.50. The van der Waals surface area contributed by atoms with Gasteiger partial charge in [-0.05, 0) is 24.6 Å². The van der Waals surface area contributed by atoms with Crippen molar-refractivity contribution in [1.29, 1.82) is 0 Å². The molecule has 106 valence electrons.